The van der Waals surface area contributed by atoms with Crippen molar-refractivity contribution in [3.8, 4) is 17.4 Å². The predicted octanol–water partition coefficient (Wildman–Crippen LogP) is 2.72. The number of carbonyl (C=O) groups excluding carboxylic acids is 1. The number of benzene rings is 1. The van der Waals surface area contributed by atoms with Gasteiger partial charge in [-0.1, -0.05) is 6.07 Å². The molecule has 1 aromatic carbocycles. The second-order valence-corrected chi connectivity index (χ2v) is 7.34. The Morgan fingerprint density at radius 2 is 2.00 bits per heavy atom. The molecule has 1 aromatic heterocycles. The van der Waals surface area contributed by atoms with E-state index in [2.05, 4.69) is 9.97 Å². The van der Waals surface area contributed by atoms with Crippen LogP contribution in [0.15, 0.2) is 36.7 Å². The number of methoxy groups -OCH3 is 1. The molecule has 1 amide bonds. The molecule has 0 aliphatic carbocycles. The van der Waals surface area contributed by atoms with Crippen LogP contribution in [0.2, 0.25) is 0 Å². The van der Waals surface area contributed by atoms with Gasteiger partial charge in [-0.05, 0) is 38.8 Å². The number of hydrogen-bond donors (Lipinski definition) is 1. The van der Waals surface area contributed by atoms with Gasteiger partial charge in [0, 0.05) is 37.5 Å². The molecule has 1 fully saturated rings. The minimum Gasteiger partial charge on any atom is -0.497 e. The summed E-state index contributed by atoms with van der Waals surface area (Å²) in [7, 11) is 1.61. The maximum Gasteiger partial charge on any atom is 0.242 e. The lowest BCUT2D eigenvalue weighted by atomic mass is 9.93. The van der Waals surface area contributed by atoms with Gasteiger partial charge in [-0.25, -0.2) is 4.98 Å². The first kappa shape index (κ1) is 19.1. The van der Waals surface area contributed by atoms with Crippen molar-refractivity contribution in [1.82, 2.24) is 14.9 Å². The van der Waals surface area contributed by atoms with Gasteiger partial charge < -0.3 is 20.1 Å². The van der Waals surface area contributed by atoms with E-state index in [1.165, 1.54) is 0 Å². The molecule has 2 N–H and O–H groups in total. The van der Waals surface area contributed by atoms with Crippen LogP contribution in [-0.2, 0) is 4.79 Å². The summed E-state index contributed by atoms with van der Waals surface area (Å²) in [6.07, 6.45) is 5.07. The van der Waals surface area contributed by atoms with Crippen molar-refractivity contribution in [1.29, 1.82) is 0 Å². The zero-order chi connectivity index (χ0) is 19.4. The maximum absolute atomic E-state index is 12.6. The predicted molar refractivity (Wildman–Crippen MR) is 102 cm³/mol. The summed E-state index contributed by atoms with van der Waals surface area (Å²) in [5.74, 6) is 1.79. The first-order chi connectivity index (χ1) is 12.9. The highest BCUT2D eigenvalue weighted by molar-refractivity contribution is 5.85. The van der Waals surface area contributed by atoms with Gasteiger partial charge in [0.1, 0.15) is 17.2 Å². The van der Waals surface area contributed by atoms with E-state index in [0.29, 0.717) is 30.5 Å². The number of nitrogens with two attached hydrogens (primary N) is 1. The topological polar surface area (TPSA) is 90.6 Å². The molecule has 0 radical (unpaired) electrons. The third-order valence-electron chi connectivity index (χ3n) is 4.59. The molecule has 7 heteroatoms. The van der Waals surface area contributed by atoms with Gasteiger partial charge in [-0.3, -0.25) is 9.78 Å². The Morgan fingerprint density at radius 1 is 1.26 bits per heavy atom. The molecule has 0 unspecified atom stereocenters. The van der Waals surface area contributed by atoms with Gasteiger partial charge in [0.25, 0.3) is 0 Å². The molecule has 3 rings (SSSR count). The van der Waals surface area contributed by atoms with Crippen LogP contribution in [0.5, 0.6) is 17.4 Å². The summed E-state index contributed by atoms with van der Waals surface area (Å²) < 4.78 is 11.2. The summed E-state index contributed by atoms with van der Waals surface area (Å²) >= 11 is 0. The van der Waals surface area contributed by atoms with E-state index in [1.807, 2.05) is 23.1 Å². The van der Waals surface area contributed by atoms with Gasteiger partial charge in [-0.2, -0.15) is 0 Å². The second-order valence-electron chi connectivity index (χ2n) is 7.34. The molecule has 7 nitrogen and oxygen atoms in total. The second kappa shape index (κ2) is 7.92. The number of aromatic nitrogens is 2. The normalized spacial score (nSPS) is 17.5. The molecule has 0 saturated carbocycles. The van der Waals surface area contributed by atoms with E-state index in [1.54, 1.807) is 39.4 Å². The first-order valence-electron chi connectivity index (χ1n) is 9.09. The van der Waals surface area contributed by atoms with Crippen LogP contribution in [0.25, 0.3) is 0 Å². The van der Waals surface area contributed by atoms with E-state index < -0.39 is 5.54 Å². The van der Waals surface area contributed by atoms with Crippen molar-refractivity contribution in [3.05, 3.63) is 42.4 Å². The number of ether oxygens (including phenoxy) is 2. The van der Waals surface area contributed by atoms with Crippen molar-refractivity contribution in [2.75, 3.05) is 20.2 Å². The number of likely N-dealkylation sites (tertiary alicyclic amines) is 1. The largest absolute Gasteiger partial charge is 0.497 e. The molecule has 2 heterocycles. The molecular weight excluding hydrogens is 344 g/mol. The Bertz CT molecular complexity index is 804. The SMILES string of the molecule is COc1cccc(Oc2nccnc2[C@@H]2CCCN(C(=O)C(C)(C)N)C2)c1. The number of carbonyl (C=O) groups is 1. The standard InChI is InChI=1S/C20H26N4O3/c1-20(2,21)19(25)24-11-5-6-14(13-24)17-18(23-10-9-22-17)27-16-8-4-7-15(12-16)26-3/h4,7-10,12,14H,5-6,11,13,21H2,1-3H3/t14-/m1/s1. The molecule has 144 valence electrons. The molecule has 0 spiro atoms. The lowest BCUT2D eigenvalue weighted by Gasteiger charge is -2.36. The summed E-state index contributed by atoms with van der Waals surface area (Å²) in [5.41, 5.74) is 5.87. The molecule has 27 heavy (non-hydrogen) atoms. The van der Waals surface area contributed by atoms with Gasteiger partial charge in [0.05, 0.1) is 12.6 Å². The summed E-state index contributed by atoms with van der Waals surface area (Å²) in [6.45, 7) is 4.74. The average Bonchev–Trinajstić information content (AvgIpc) is 2.67. The third-order valence-corrected chi connectivity index (χ3v) is 4.59. The van der Waals surface area contributed by atoms with Crippen molar-refractivity contribution in [2.24, 2.45) is 5.73 Å². The minimum atomic E-state index is -0.885. The van der Waals surface area contributed by atoms with Crippen molar-refractivity contribution >= 4 is 5.91 Å². The fraction of sp³-hybridized carbons (Fsp3) is 0.450. The Balaban J connectivity index is 1.81. The minimum absolute atomic E-state index is 0.0497. The Kier molecular flexibility index (Phi) is 5.60. The summed E-state index contributed by atoms with van der Waals surface area (Å²) in [6, 6.07) is 7.35. The van der Waals surface area contributed by atoms with Crippen LogP contribution in [0, 0.1) is 0 Å². The number of amides is 1. The molecular formula is C20H26N4O3. The van der Waals surface area contributed by atoms with Gasteiger partial charge in [-0.15, -0.1) is 0 Å². The summed E-state index contributed by atoms with van der Waals surface area (Å²) in [4.78, 5) is 23.3. The van der Waals surface area contributed by atoms with E-state index >= 15 is 0 Å². The molecule has 2 aromatic rings. The van der Waals surface area contributed by atoms with Gasteiger partial charge >= 0.3 is 0 Å². The quantitative estimate of drug-likeness (QED) is 0.870. The van der Waals surface area contributed by atoms with Crippen LogP contribution in [0.1, 0.15) is 38.3 Å². The first-order valence-corrected chi connectivity index (χ1v) is 9.09. The van der Waals surface area contributed by atoms with Crippen molar-refractivity contribution in [3.63, 3.8) is 0 Å². The fourth-order valence-electron chi connectivity index (χ4n) is 3.26. The lowest BCUT2D eigenvalue weighted by Crippen LogP contribution is -2.53. The Labute approximate surface area is 159 Å². The molecule has 1 atom stereocenters. The highest BCUT2D eigenvalue weighted by Crippen LogP contribution is 2.33. The fourth-order valence-corrected chi connectivity index (χ4v) is 3.26. The molecule has 1 aliphatic heterocycles. The number of nitrogens with zero attached hydrogens (tertiary/aromatic N) is 3. The van der Waals surface area contributed by atoms with E-state index in [4.69, 9.17) is 15.2 Å². The third kappa shape index (κ3) is 4.54. The van der Waals surface area contributed by atoms with Crippen LogP contribution >= 0.6 is 0 Å². The van der Waals surface area contributed by atoms with Crippen LogP contribution in [0.3, 0.4) is 0 Å². The molecule has 1 aliphatic rings. The highest BCUT2D eigenvalue weighted by Gasteiger charge is 2.33. The molecule has 1 saturated heterocycles. The molecule has 0 bridgehead atoms. The van der Waals surface area contributed by atoms with Crippen LogP contribution in [0.4, 0.5) is 0 Å². The Morgan fingerprint density at radius 3 is 2.74 bits per heavy atom. The van der Waals surface area contributed by atoms with Gasteiger partial charge in [0.15, 0.2) is 0 Å². The number of rotatable bonds is 5. The number of hydrogen-bond acceptors (Lipinski definition) is 6. The van der Waals surface area contributed by atoms with Crippen molar-refractivity contribution < 1.29 is 14.3 Å². The smallest absolute Gasteiger partial charge is 0.242 e. The van der Waals surface area contributed by atoms with Gasteiger partial charge in [0.2, 0.25) is 11.8 Å². The van der Waals surface area contributed by atoms with E-state index in [0.717, 1.165) is 18.5 Å². The summed E-state index contributed by atoms with van der Waals surface area (Å²) in [5, 5.41) is 0. The maximum atomic E-state index is 12.6. The van der Waals surface area contributed by atoms with E-state index in [-0.39, 0.29) is 11.8 Å². The van der Waals surface area contributed by atoms with Crippen molar-refractivity contribution in [2.45, 2.75) is 38.1 Å². The van der Waals surface area contributed by atoms with Crippen LogP contribution < -0.4 is 15.2 Å². The lowest BCUT2D eigenvalue weighted by molar-refractivity contribution is -0.137. The monoisotopic (exact) mass is 370 g/mol. The highest BCUT2D eigenvalue weighted by atomic mass is 16.5. The zero-order valence-electron chi connectivity index (χ0n) is 16.0. The van der Waals surface area contributed by atoms with Crippen LogP contribution in [-0.4, -0.2) is 46.5 Å². The zero-order valence-corrected chi connectivity index (χ0v) is 16.0. The average molecular weight is 370 g/mol. The number of piperidine rings is 1. The van der Waals surface area contributed by atoms with E-state index in [9.17, 15) is 4.79 Å². The Hall–Kier alpha value is -2.67.